The number of fused-ring (bicyclic) bond motifs is 2. The maximum absolute atomic E-state index is 14.6. The molecule has 0 saturated heterocycles. The van der Waals surface area contributed by atoms with Crippen LogP contribution >= 0.6 is 11.6 Å². The second kappa shape index (κ2) is 8.49. The molecule has 2 heterocycles. The van der Waals surface area contributed by atoms with Crippen LogP contribution in [-0.2, 0) is 0 Å². The Morgan fingerprint density at radius 2 is 1.91 bits per heavy atom. The van der Waals surface area contributed by atoms with E-state index in [1.165, 1.54) is 12.1 Å². The number of nitriles is 1. The van der Waals surface area contributed by atoms with Crippen molar-refractivity contribution in [3.05, 3.63) is 105 Å². The average molecular weight is 489 g/mol. The number of furan rings is 1. The Hall–Kier alpha value is -4.28. The Labute approximate surface area is 204 Å². The van der Waals surface area contributed by atoms with Gasteiger partial charge < -0.3 is 19.6 Å². The minimum absolute atomic E-state index is 0.0516. The molecular formula is C27H18ClFN2O4. The van der Waals surface area contributed by atoms with Gasteiger partial charge in [0.1, 0.15) is 34.5 Å². The quantitative estimate of drug-likeness (QED) is 0.269. The lowest BCUT2D eigenvalue weighted by atomic mass is 9.83. The Kier molecular flexibility index (Phi) is 5.46. The highest BCUT2D eigenvalue weighted by Crippen LogP contribution is 2.44. The van der Waals surface area contributed by atoms with Crippen molar-refractivity contribution in [2.45, 2.75) is 19.8 Å². The number of carbonyl (C=O) groups excluding carboxylic acids is 1. The highest BCUT2D eigenvalue weighted by Gasteiger charge is 2.33. The predicted octanol–water partition coefficient (Wildman–Crippen LogP) is 6.28. The van der Waals surface area contributed by atoms with E-state index in [9.17, 15) is 14.4 Å². The summed E-state index contributed by atoms with van der Waals surface area (Å²) in [4.78, 5) is 12.9. The zero-order valence-corrected chi connectivity index (χ0v) is 19.4. The van der Waals surface area contributed by atoms with Gasteiger partial charge in [-0.05, 0) is 43.7 Å². The summed E-state index contributed by atoms with van der Waals surface area (Å²) in [5, 5.41) is 10.9. The van der Waals surface area contributed by atoms with Crippen molar-refractivity contribution in [2.75, 3.05) is 0 Å². The van der Waals surface area contributed by atoms with Gasteiger partial charge in [-0.25, -0.2) is 9.18 Å². The SMILES string of the molecule is Cc1cc2oc(C(=O)Oc3ccc4c(c3)OC(N)=C(C#N)C4c3ccccc3F)c(C)c2cc1Cl. The van der Waals surface area contributed by atoms with Crippen LogP contribution in [0.2, 0.25) is 5.02 Å². The lowest BCUT2D eigenvalue weighted by Crippen LogP contribution is -2.21. The summed E-state index contributed by atoms with van der Waals surface area (Å²) in [6.45, 7) is 3.59. The molecule has 0 saturated carbocycles. The third-order valence-electron chi connectivity index (χ3n) is 6.02. The lowest BCUT2D eigenvalue weighted by molar-refractivity contribution is 0.0702. The average Bonchev–Trinajstić information content (AvgIpc) is 3.14. The molecule has 4 aromatic rings. The van der Waals surface area contributed by atoms with Crippen molar-refractivity contribution in [1.29, 1.82) is 5.26 Å². The number of aryl methyl sites for hydroxylation is 2. The minimum atomic E-state index is -0.764. The van der Waals surface area contributed by atoms with E-state index in [0.717, 1.165) is 10.9 Å². The Bertz CT molecular complexity index is 1600. The van der Waals surface area contributed by atoms with Gasteiger partial charge in [0.15, 0.2) is 0 Å². The summed E-state index contributed by atoms with van der Waals surface area (Å²) < 4.78 is 31.5. The zero-order valence-electron chi connectivity index (χ0n) is 18.7. The van der Waals surface area contributed by atoms with Crippen molar-refractivity contribution in [2.24, 2.45) is 5.73 Å². The fourth-order valence-electron chi connectivity index (χ4n) is 4.22. The van der Waals surface area contributed by atoms with E-state index in [2.05, 4.69) is 0 Å². The van der Waals surface area contributed by atoms with Crippen LogP contribution in [0.5, 0.6) is 11.5 Å². The number of benzene rings is 3. The van der Waals surface area contributed by atoms with Gasteiger partial charge in [0.05, 0.1) is 5.92 Å². The number of allylic oxidation sites excluding steroid dienone is 1. The number of esters is 1. The van der Waals surface area contributed by atoms with Gasteiger partial charge in [-0.3, -0.25) is 0 Å². The van der Waals surface area contributed by atoms with E-state index in [0.29, 0.717) is 21.7 Å². The van der Waals surface area contributed by atoms with Crippen molar-refractivity contribution in [3.8, 4) is 17.6 Å². The van der Waals surface area contributed by atoms with Gasteiger partial charge in [0.25, 0.3) is 0 Å². The Morgan fingerprint density at radius 3 is 2.66 bits per heavy atom. The number of nitrogens with two attached hydrogens (primary N) is 1. The maximum Gasteiger partial charge on any atom is 0.379 e. The van der Waals surface area contributed by atoms with Crippen LogP contribution in [0, 0.1) is 31.0 Å². The van der Waals surface area contributed by atoms with Crippen molar-refractivity contribution in [3.63, 3.8) is 0 Å². The smallest absolute Gasteiger partial charge is 0.379 e. The lowest BCUT2D eigenvalue weighted by Gasteiger charge is -2.26. The number of hydrogen-bond donors (Lipinski definition) is 1. The molecule has 0 radical (unpaired) electrons. The van der Waals surface area contributed by atoms with Crippen LogP contribution in [0.15, 0.2) is 70.5 Å². The normalized spacial score (nSPS) is 14.9. The van der Waals surface area contributed by atoms with Crippen LogP contribution in [0.25, 0.3) is 11.0 Å². The molecule has 8 heteroatoms. The van der Waals surface area contributed by atoms with E-state index in [-0.39, 0.29) is 34.3 Å². The zero-order chi connectivity index (χ0) is 24.9. The van der Waals surface area contributed by atoms with Gasteiger partial charge in [-0.15, -0.1) is 0 Å². The summed E-state index contributed by atoms with van der Waals surface area (Å²) in [5.41, 5.74) is 8.85. The predicted molar refractivity (Wildman–Crippen MR) is 128 cm³/mol. The third kappa shape index (κ3) is 3.78. The van der Waals surface area contributed by atoms with E-state index in [4.69, 9.17) is 31.2 Å². The molecule has 5 rings (SSSR count). The van der Waals surface area contributed by atoms with Crippen molar-refractivity contribution >= 4 is 28.5 Å². The molecule has 0 fully saturated rings. The monoisotopic (exact) mass is 488 g/mol. The number of carbonyl (C=O) groups is 1. The van der Waals surface area contributed by atoms with Crippen LogP contribution in [-0.4, -0.2) is 5.97 Å². The first kappa shape index (κ1) is 22.5. The second-order valence-electron chi connectivity index (χ2n) is 8.19. The van der Waals surface area contributed by atoms with E-state index in [1.54, 1.807) is 49.4 Å². The number of nitrogens with zero attached hydrogens (tertiary/aromatic N) is 1. The number of halogens is 2. The molecule has 1 aliphatic heterocycles. The number of ether oxygens (including phenoxy) is 2. The molecule has 0 spiro atoms. The van der Waals surface area contributed by atoms with E-state index >= 15 is 0 Å². The van der Waals surface area contributed by atoms with Crippen molar-refractivity contribution < 1.29 is 23.1 Å². The molecule has 35 heavy (non-hydrogen) atoms. The molecular weight excluding hydrogens is 471 g/mol. The fraction of sp³-hybridized carbons (Fsp3) is 0.111. The summed E-state index contributed by atoms with van der Waals surface area (Å²) in [5.74, 6) is -1.60. The molecule has 3 aromatic carbocycles. The molecule has 1 aliphatic rings. The highest BCUT2D eigenvalue weighted by molar-refractivity contribution is 6.32. The van der Waals surface area contributed by atoms with Crippen LogP contribution in [0.4, 0.5) is 4.39 Å². The van der Waals surface area contributed by atoms with Gasteiger partial charge >= 0.3 is 5.97 Å². The van der Waals surface area contributed by atoms with Crippen LogP contribution in [0.3, 0.4) is 0 Å². The summed E-state index contributed by atoms with van der Waals surface area (Å²) in [6, 6.07) is 16.3. The fourth-order valence-corrected chi connectivity index (χ4v) is 4.38. The first-order chi connectivity index (χ1) is 16.8. The molecule has 6 nitrogen and oxygen atoms in total. The van der Waals surface area contributed by atoms with Gasteiger partial charge in [0.2, 0.25) is 11.6 Å². The molecule has 1 aromatic heterocycles. The molecule has 1 atom stereocenters. The number of rotatable bonds is 3. The molecule has 2 N–H and O–H groups in total. The first-order valence-corrected chi connectivity index (χ1v) is 11.0. The minimum Gasteiger partial charge on any atom is -0.449 e. The second-order valence-corrected chi connectivity index (χ2v) is 8.60. The molecule has 0 bridgehead atoms. The summed E-state index contributed by atoms with van der Waals surface area (Å²) in [6.07, 6.45) is 0. The summed E-state index contributed by atoms with van der Waals surface area (Å²) >= 11 is 6.21. The molecule has 0 aliphatic carbocycles. The molecule has 1 unspecified atom stereocenters. The Morgan fingerprint density at radius 1 is 1.14 bits per heavy atom. The van der Waals surface area contributed by atoms with Gasteiger partial charge in [-0.2, -0.15) is 5.26 Å². The molecule has 174 valence electrons. The summed E-state index contributed by atoms with van der Waals surface area (Å²) in [7, 11) is 0. The highest BCUT2D eigenvalue weighted by atomic mass is 35.5. The molecule has 0 amide bonds. The topological polar surface area (TPSA) is 98.5 Å². The first-order valence-electron chi connectivity index (χ1n) is 10.7. The van der Waals surface area contributed by atoms with E-state index < -0.39 is 17.7 Å². The standard InChI is InChI=1S/C27H18ClFN2O4/c1-13-9-22-18(11-20(13)28)14(2)25(34-22)27(32)33-15-7-8-17-23(10-15)35-26(31)19(12-30)24(17)16-5-3-4-6-21(16)29/h3-11,24H,31H2,1-2H3. The Balaban J connectivity index is 1.50. The van der Waals surface area contributed by atoms with Crippen LogP contribution in [0.1, 0.15) is 38.7 Å². The van der Waals surface area contributed by atoms with Crippen molar-refractivity contribution in [1.82, 2.24) is 0 Å². The largest absolute Gasteiger partial charge is 0.449 e. The van der Waals surface area contributed by atoms with Gasteiger partial charge in [-0.1, -0.05) is 35.9 Å². The van der Waals surface area contributed by atoms with Crippen LogP contribution < -0.4 is 15.2 Å². The van der Waals surface area contributed by atoms with E-state index in [1.807, 2.05) is 13.0 Å². The number of hydrogen-bond acceptors (Lipinski definition) is 6. The third-order valence-corrected chi connectivity index (χ3v) is 6.43. The van der Waals surface area contributed by atoms with Gasteiger partial charge in [0, 0.05) is 33.2 Å². The maximum atomic E-state index is 14.6.